The molecule has 0 aliphatic rings. The van der Waals surface area contributed by atoms with Crippen LogP contribution in [0.3, 0.4) is 0 Å². The number of ether oxygens (including phenoxy) is 1. The van der Waals surface area contributed by atoms with E-state index in [-0.39, 0.29) is 18.2 Å². The van der Waals surface area contributed by atoms with Gasteiger partial charge in [0.2, 0.25) is 11.6 Å². The summed E-state index contributed by atoms with van der Waals surface area (Å²) in [6.45, 7) is 0.179. The number of nitrogens with two attached hydrogens (primary N) is 1. The molecule has 2 rings (SSSR count). The van der Waals surface area contributed by atoms with Crippen molar-refractivity contribution in [3.63, 3.8) is 0 Å². The van der Waals surface area contributed by atoms with Crippen LogP contribution in [-0.4, -0.2) is 9.91 Å². The average Bonchev–Trinajstić information content (AvgIpc) is 2.41. The molecule has 0 aliphatic carbocycles. The number of halogens is 1. The fourth-order valence-corrected chi connectivity index (χ4v) is 1.50. The van der Waals surface area contributed by atoms with Gasteiger partial charge in [-0.3, -0.25) is 10.1 Å². The molecule has 0 spiro atoms. The van der Waals surface area contributed by atoms with Gasteiger partial charge in [-0.2, -0.15) is 0 Å². The number of hydrogen-bond acceptors (Lipinski definition) is 5. The van der Waals surface area contributed by atoms with Gasteiger partial charge < -0.3 is 10.5 Å². The molecule has 0 radical (unpaired) electrons. The van der Waals surface area contributed by atoms with Crippen molar-refractivity contribution in [3.05, 3.63) is 58.0 Å². The summed E-state index contributed by atoms with van der Waals surface area (Å²) in [7, 11) is 0. The zero-order chi connectivity index (χ0) is 13.8. The van der Waals surface area contributed by atoms with Gasteiger partial charge in [0, 0.05) is 18.3 Å². The van der Waals surface area contributed by atoms with Crippen LogP contribution in [0.5, 0.6) is 11.6 Å². The lowest BCUT2D eigenvalue weighted by molar-refractivity contribution is -0.385. The normalized spacial score (nSPS) is 10.2. The molecule has 6 nitrogen and oxygen atoms in total. The second-order valence-electron chi connectivity index (χ2n) is 3.64. The van der Waals surface area contributed by atoms with Crippen molar-refractivity contribution in [2.24, 2.45) is 5.73 Å². The fourth-order valence-electron chi connectivity index (χ4n) is 1.50. The first-order valence-corrected chi connectivity index (χ1v) is 5.37. The predicted octanol–water partition coefficient (Wildman–Crippen LogP) is 2.38. The van der Waals surface area contributed by atoms with Crippen LogP contribution in [0, 0.1) is 15.9 Å². The monoisotopic (exact) mass is 263 g/mol. The number of aromatic nitrogens is 1. The molecule has 98 valence electrons. The molecule has 0 unspecified atom stereocenters. The Hall–Kier alpha value is -2.54. The highest BCUT2D eigenvalue weighted by Crippen LogP contribution is 2.32. The number of pyridine rings is 1. The van der Waals surface area contributed by atoms with Crippen LogP contribution in [0.15, 0.2) is 36.5 Å². The molecule has 0 atom stereocenters. The molecule has 1 aromatic heterocycles. The van der Waals surface area contributed by atoms with E-state index in [1.165, 1.54) is 12.3 Å². The van der Waals surface area contributed by atoms with Crippen molar-refractivity contribution in [2.45, 2.75) is 6.54 Å². The lowest BCUT2D eigenvalue weighted by atomic mass is 10.2. The molecule has 0 amide bonds. The number of hydrogen-bond donors (Lipinski definition) is 1. The molecular weight excluding hydrogens is 253 g/mol. The number of nitro benzene ring substituents is 1. The van der Waals surface area contributed by atoms with Crippen molar-refractivity contribution < 1.29 is 14.1 Å². The van der Waals surface area contributed by atoms with Gasteiger partial charge in [0.25, 0.3) is 0 Å². The Bertz CT molecular complexity index is 619. The predicted molar refractivity (Wildman–Crippen MR) is 65.3 cm³/mol. The summed E-state index contributed by atoms with van der Waals surface area (Å²) in [5.74, 6) is -0.626. The van der Waals surface area contributed by atoms with Gasteiger partial charge in [-0.1, -0.05) is 6.07 Å². The van der Waals surface area contributed by atoms with Gasteiger partial charge in [-0.15, -0.1) is 0 Å². The van der Waals surface area contributed by atoms with Gasteiger partial charge >= 0.3 is 5.69 Å². The highest BCUT2D eigenvalue weighted by Gasteiger charge is 2.18. The van der Waals surface area contributed by atoms with E-state index in [4.69, 9.17) is 10.5 Å². The molecule has 0 saturated heterocycles. The van der Waals surface area contributed by atoms with Crippen LogP contribution in [0.25, 0.3) is 0 Å². The quantitative estimate of drug-likeness (QED) is 0.675. The zero-order valence-corrected chi connectivity index (χ0v) is 9.75. The number of nitrogens with zero attached hydrogens (tertiary/aromatic N) is 2. The maximum atomic E-state index is 13.0. The van der Waals surface area contributed by atoms with Crippen LogP contribution >= 0.6 is 0 Å². The Kier molecular flexibility index (Phi) is 3.67. The van der Waals surface area contributed by atoms with Crippen molar-refractivity contribution in [3.8, 4) is 11.6 Å². The summed E-state index contributed by atoms with van der Waals surface area (Å²) in [5, 5.41) is 10.8. The Morgan fingerprint density at radius 2 is 2.21 bits per heavy atom. The van der Waals surface area contributed by atoms with E-state index in [1.54, 1.807) is 12.1 Å². The van der Waals surface area contributed by atoms with Crippen LogP contribution in [0.4, 0.5) is 10.1 Å². The summed E-state index contributed by atoms with van der Waals surface area (Å²) < 4.78 is 18.3. The van der Waals surface area contributed by atoms with E-state index >= 15 is 0 Å². The van der Waals surface area contributed by atoms with E-state index in [9.17, 15) is 14.5 Å². The highest BCUT2D eigenvalue weighted by molar-refractivity contribution is 5.48. The molecule has 0 saturated carbocycles. The second kappa shape index (κ2) is 5.40. The molecule has 19 heavy (non-hydrogen) atoms. The molecule has 0 fully saturated rings. The van der Waals surface area contributed by atoms with Gasteiger partial charge in [-0.05, 0) is 18.2 Å². The van der Waals surface area contributed by atoms with Crippen LogP contribution < -0.4 is 10.5 Å². The van der Waals surface area contributed by atoms with E-state index in [2.05, 4.69) is 4.98 Å². The summed E-state index contributed by atoms with van der Waals surface area (Å²) in [5.41, 5.74) is 5.65. The summed E-state index contributed by atoms with van der Waals surface area (Å²) in [6, 6.07) is 6.42. The molecule has 0 aliphatic heterocycles. The van der Waals surface area contributed by atoms with E-state index < -0.39 is 16.4 Å². The second-order valence-corrected chi connectivity index (χ2v) is 3.64. The molecule has 2 N–H and O–H groups in total. The van der Waals surface area contributed by atoms with Gasteiger partial charge in [0.05, 0.1) is 11.0 Å². The molecular formula is C12H10FN3O3. The molecule has 2 aromatic rings. The maximum Gasteiger partial charge on any atom is 0.314 e. The van der Waals surface area contributed by atoms with Crippen LogP contribution in [0.1, 0.15) is 5.56 Å². The van der Waals surface area contributed by atoms with Gasteiger partial charge in [0.15, 0.2) is 0 Å². The Morgan fingerprint density at radius 3 is 2.89 bits per heavy atom. The molecule has 1 aromatic carbocycles. The third kappa shape index (κ3) is 2.83. The maximum absolute atomic E-state index is 13.0. The first-order chi connectivity index (χ1) is 9.11. The van der Waals surface area contributed by atoms with Crippen molar-refractivity contribution in [1.82, 2.24) is 4.98 Å². The highest BCUT2D eigenvalue weighted by atomic mass is 19.1. The van der Waals surface area contributed by atoms with Gasteiger partial charge in [-0.25, -0.2) is 9.37 Å². The Labute approximate surface area is 107 Å². The smallest absolute Gasteiger partial charge is 0.314 e. The minimum Gasteiger partial charge on any atom is -0.431 e. The van der Waals surface area contributed by atoms with E-state index in [1.807, 2.05) is 0 Å². The Morgan fingerprint density at radius 1 is 1.42 bits per heavy atom. The zero-order valence-electron chi connectivity index (χ0n) is 9.75. The van der Waals surface area contributed by atoms with Gasteiger partial charge in [0.1, 0.15) is 5.82 Å². The summed E-state index contributed by atoms with van der Waals surface area (Å²) in [6.07, 6.45) is 1.48. The fraction of sp³-hybridized carbons (Fsp3) is 0.0833. The van der Waals surface area contributed by atoms with E-state index in [0.717, 1.165) is 12.1 Å². The first kappa shape index (κ1) is 12.9. The topological polar surface area (TPSA) is 91.3 Å². The standard InChI is InChI=1S/C12H10FN3O3/c13-9-3-4-11(10(6-9)16(17)18)19-12-8(7-14)2-1-5-15-12/h1-6H,7,14H2. The van der Waals surface area contributed by atoms with Crippen molar-refractivity contribution in [1.29, 1.82) is 0 Å². The minimum absolute atomic E-state index is 0.0835. The average molecular weight is 263 g/mol. The molecule has 1 heterocycles. The third-order valence-corrected chi connectivity index (χ3v) is 2.39. The van der Waals surface area contributed by atoms with E-state index in [0.29, 0.717) is 5.56 Å². The lowest BCUT2D eigenvalue weighted by Gasteiger charge is -2.08. The van der Waals surface area contributed by atoms with Crippen molar-refractivity contribution >= 4 is 5.69 Å². The Balaban J connectivity index is 2.41. The largest absolute Gasteiger partial charge is 0.431 e. The lowest BCUT2D eigenvalue weighted by Crippen LogP contribution is -2.02. The molecule has 0 bridgehead atoms. The number of nitro groups is 1. The van der Waals surface area contributed by atoms with Crippen LogP contribution in [0.2, 0.25) is 0 Å². The summed E-state index contributed by atoms with van der Waals surface area (Å²) >= 11 is 0. The van der Waals surface area contributed by atoms with Crippen molar-refractivity contribution in [2.75, 3.05) is 0 Å². The molecule has 7 heteroatoms. The third-order valence-electron chi connectivity index (χ3n) is 2.39. The minimum atomic E-state index is -0.719. The van der Waals surface area contributed by atoms with Crippen LogP contribution in [-0.2, 0) is 6.54 Å². The first-order valence-electron chi connectivity index (χ1n) is 5.37. The number of rotatable bonds is 4. The number of benzene rings is 1. The summed E-state index contributed by atoms with van der Waals surface area (Å²) in [4.78, 5) is 14.1. The SMILES string of the molecule is NCc1cccnc1Oc1ccc(F)cc1[N+](=O)[O-].